The SMILES string of the molecule is COc1cc2c(cc1O)c(NC(C)c1cc(N)cc(C(F)(F)F)c1)nc1nccn12. The predicted molar refractivity (Wildman–Crippen MR) is 107 cm³/mol. The molecule has 10 heteroatoms. The molecule has 0 fully saturated rings. The molecule has 30 heavy (non-hydrogen) atoms. The van der Waals surface area contributed by atoms with Crippen LogP contribution in [0.25, 0.3) is 16.7 Å². The van der Waals surface area contributed by atoms with Crippen molar-refractivity contribution in [3.8, 4) is 11.5 Å². The zero-order valence-electron chi connectivity index (χ0n) is 16.0. The Kier molecular flexibility index (Phi) is 4.56. The molecule has 7 nitrogen and oxygen atoms in total. The highest BCUT2D eigenvalue weighted by atomic mass is 19.4. The van der Waals surface area contributed by atoms with Crippen LogP contribution in [0, 0.1) is 0 Å². The van der Waals surface area contributed by atoms with Gasteiger partial charge in [0.2, 0.25) is 5.78 Å². The van der Waals surface area contributed by atoms with Crippen LogP contribution in [0.2, 0.25) is 0 Å². The van der Waals surface area contributed by atoms with Gasteiger partial charge < -0.3 is 20.9 Å². The van der Waals surface area contributed by atoms with Crippen LogP contribution in [-0.2, 0) is 6.18 Å². The molecule has 0 radical (unpaired) electrons. The molecule has 0 spiro atoms. The number of phenols is 1. The van der Waals surface area contributed by atoms with E-state index in [-0.39, 0.29) is 17.2 Å². The number of nitrogen functional groups attached to an aromatic ring is 1. The van der Waals surface area contributed by atoms with Crippen molar-refractivity contribution in [1.82, 2.24) is 14.4 Å². The van der Waals surface area contributed by atoms with E-state index in [0.29, 0.717) is 28.1 Å². The first-order chi connectivity index (χ1) is 14.2. The fraction of sp³-hybridized carbons (Fsp3) is 0.200. The largest absolute Gasteiger partial charge is 0.504 e. The number of hydrogen-bond donors (Lipinski definition) is 3. The standard InChI is InChI=1S/C20H18F3N5O2/c1-10(11-5-12(20(21,22)23)7-13(24)6-11)26-18-14-8-16(29)17(30-2)9-15(14)28-4-3-25-19(28)27-18/h3-10,29H,24H2,1-2H3,(H,25,26,27). The number of anilines is 2. The Morgan fingerprint density at radius 2 is 1.97 bits per heavy atom. The molecular formula is C20H18F3N5O2. The van der Waals surface area contributed by atoms with Gasteiger partial charge in [0.05, 0.1) is 24.2 Å². The average Bonchev–Trinajstić information content (AvgIpc) is 3.15. The van der Waals surface area contributed by atoms with Gasteiger partial charge in [0.1, 0.15) is 5.82 Å². The van der Waals surface area contributed by atoms with E-state index >= 15 is 0 Å². The number of imidazole rings is 1. The van der Waals surface area contributed by atoms with E-state index in [1.807, 2.05) is 0 Å². The number of fused-ring (bicyclic) bond motifs is 3. The van der Waals surface area contributed by atoms with E-state index in [1.54, 1.807) is 29.8 Å². The minimum absolute atomic E-state index is 0.0115. The normalized spacial score (nSPS) is 13.0. The zero-order valence-corrected chi connectivity index (χ0v) is 16.0. The molecule has 0 amide bonds. The Balaban J connectivity index is 1.82. The van der Waals surface area contributed by atoms with Gasteiger partial charge in [-0.25, -0.2) is 4.98 Å². The van der Waals surface area contributed by atoms with Crippen molar-refractivity contribution in [3.63, 3.8) is 0 Å². The van der Waals surface area contributed by atoms with Gasteiger partial charge in [-0.3, -0.25) is 4.40 Å². The summed E-state index contributed by atoms with van der Waals surface area (Å²) >= 11 is 0. The van der Waals surface area contributed by atoms with Gasteiger partial charge in [-0.05, 0) is 36.8 Å². The van der Waals surface area contributed by atoms with Crippen LogP contribution >= 0.6 is 0 Å². The molecule has 0 saturated carbocycles. The van der Waals surface area contributed by atoms with Crippen molar-refractivity contribution in [1.29, 1.82) is 0 Å². The van der Waals surface area contributed by atoms with E-state index in [2.05, 4.69) is 15.3 Å². The van der Waals surface area contributed by atoms with Crippen molar-refractivity contribution in [2.75, 3.05) is 18.2 Å². The third kappa shape index (κ3) is 3.40. The summed E-state index contributed by atoms with van der Waals surface area (Å²) in [6.07, 6.45) is -1.23. The van der Waals surface area contributed by atoms with Crippen LogP contribution in [0.3, 0.4) is 0 Å². The highest BCUT2D eigenvalue weighted by Crippen LogP contribution is 2.36. The van der Waals surface area contributed by atoms with Gasteiger partial charge in [-0.2, -0.15) is 18.2 Å². The number of halogens is 3. The number of aromatic hydroxyl groups is 1. The van der Waals surface area contributed by atoms with Gasteiger partial charge in [-0.1, -0.05) is 0 Å². The lowest BCUT2D eigenvalue weighted by molar-refractivity contribution is -0.137. The number of methoxy groups -OCH3 is 1. The molecule has 0 aliphatic heterocycles. The maximum atomic E-state index is 13.2. The third-order valence-electron chi connectivity index (χ3n) is 4.80. The molecule has 2 heterocycles. The van der Waals surface area contributed by atoms with Crippen molar-refractivity contribution < 1.29 is 23.0 Å². The molecule has 4 N–H and O–H groups in total. The first-order valence-corrected chi connectivity index (χ1v) is 8.95. The van der Waals surface area contributed by atoms with Gasteiger partial charge in [0.15, 0.2) is 11.5 Å². The third-order valence-corrected chi connectivity index (χ3v) is 4.80. The van der Waals surface area contributed by atoms with Crippen LogP contribution < -0.4 is 15.8 Å². The Bertz CT molecular complexity index is 1250. The highest BCUT2D eigenvalue weighted by molar-refractivity contribution is 5.93. The lowest BCUT2D eigenvalue weighted by Crippen LogP contribution is -2.12. The average molecular weight is 417 g/mol. The van der Waals surface area contributed by atoms with Crippen LogP contribution in [0.1, 0.15) is 24.1 Å². The monoisotopic (exact) mass is 417 g/mol. The molecule has 156 valence electrons. The molecule has 2 aromatic heterocycles. The number of hydrogen-bond acceptors (Lipinski definition) is 6. The van der Waals surface area contributed by atoms with Gasteiger partial charge in [0.25, 0.3) is 0 Å². The Hall–Kier alpha value is -3.69. The Morgan fingerprint density at radius 1 is 1.20 bits per heavy atom. The van der Waals surface area contributed by atoms with Gasteiger partial charge in [0, 0.05) is 29.5 Å². The van der Waals surface area contributed by atoms with Gasteiger partial charge in [-0.15, -0.1) is 0 Å². The van der Waals surface area contributed by atoms with Gasteiger partial charge >= 0.3 is 6.18 Å². The molecule has 4 rings (SSSR count). The second-order valence-electron chi connectivity index (χ2n) is 6.85. The summed E-state index contributed by atoms with van der Waals surface area (Å²) < 4.78 is 46.4. The number of rotatable bonds is 4. The van der Waals surface area contributed by atoms with E-state index in [4.69, 9.17) is 10.5 Å². The van der Waals surface area contributed by atoms with E-state index in [9.17, 15) is 18.3 Å². The fourth-order valence-electron chi connectivity index (χ4n) is 3.33. The molecular weight excluding hydrogens is 399 g/mol. The number of phenolic OH excluding ortho intramolecular Hbond substituents is 1. The molecule has 1 atom stereocenters. The highest BCUT2D eigenvalue weighted by Gasteiger charge is 2.31. The number of nitrogens with one attached hydrogen (secondary N) is 1. The first kappa shape index (κ1) is 19.6. The summed E-state index contributed by atoms with van der Waals surface area (Å²) in [7, 11) is 1.44. The van der Waals surface area contributed by atoms with Crippen molar-refractivity contribution in [2.45, 2.75) is 19.1 Å². The van der Waals surface area contributed by atoms with Crippen molar-refractivity contribution in [2.24, 2.45) is 0 Å². The number of nitrogens with two attached hydrogens (primary N) is 1. The molecule has 0 aliphatic carbocycles. The van der Waals surface area contributed by atoms with Crippen LogP contribution in [0.4, 0.5) is 24.7 Å². The molecule has 0 aliphatic rings. The van der Waals surface area contributed by atoms with Crippen LogP contribution in [-0.4, -0.2) is 26.6 Å². The molecule has 4 aromatic rings. The maximum Gasteiger partial charge on any atom is 0.416 e. The molecule has 0 saturated heterocycles. The number of benzene rings is 2. The summed E-state index contributed by atoms with van der Waals surface area (Å²) in [4.78, 5) is 8.64. The minimum Gasteiger partial charge on any atom is -0.504 e. The smallest absolute Gasteiger partial charge is 0.416 e. The molecule has 1 unspecified atom stereocenters. The molecule has 0 bridgehead atoms. The maximum absolute atomic E-state index is 13.2. The van der Waals surface area contributed by atoms with Crippen molar-refractivity contribution in [3.05, 3.63) is 53.9 Å². The summed E-state index contributed by atoms with van der Waals surface area (Å²) in [5.74, 6) is 0.914. The predicted octanol–water partition coefficient (Wildman–Crippen LogP) is 4.37. The van der Waals surface area contributed by atoms with E-state index < -0.39 is 17.8 Å². The second kappa shape index (κ2) is 6.97. The fourth-order valence-corrected chi connectivity index (χ4v) is 3.33. The summed E-state index contributed by atoms with van der Waals surface area (Å²) in [5.41, 5.74) is 5.88. The quantitative estimate of drug-likeness (QED) is 0.427. The summed E-state index contributed by atoms with van der Waals surface area (Å²) in [6.45, 7) is 1.70. The Labute approximate surface area is 168 Å². The lowest BCUT2D eigenvalue weighted by Gasteiger charge is -2.19. The van der Waals surface area contributed by atoms with E-state index in [1.165, 1.54) is 19.2 Å². The number of alkyl halides is 3. The first-order valence-electron chi connectivity index (χ1n) is 8.95. The number of nitrogens with zero attached hydrogens (tertiary/aromatic N) is 3. The Morgan fingerprint density at radius 3 is 2.67 bits per heavy atom. The zero-order chi connectivity index (χ0) is 21.6. The van der Waals surface area contributed by atoms with Crippen LogP contribution in [0.15, 0.2) is 42.7 Å². The lowest BCUT2D eigenvalue weighted by atomic mass is 10.0. The minimum atomic E-state index is -4.51. The number of aromatic nitrogens is 3. The van der Waals surface area contributed by atoms with E-state index in [0.717, 1.165) is 12.1 Å². The summed E-state index contributed by atoms with van der Waals surface area (Å²) in [5, 5.41) is 13.9. The summed E-state index contributed by atoms with van der Waals surface area (Å²) in [6, 6.07) is 5.97. The second-order valence-corrected chi connectivity index (χ2v) is 6.85. The topological polar surface area (TPSA) is 97.7 Å². The molecule has 2 aromatic carbocycles. The van der Waals surface area contributed by atoms with Crippen molar-refractivity contribution >= 4 is 28.2 Å². The number of ether oxygens (including phenoxy) is 1. The van der Waals surface area contributed by atoms with Crippen LogP contribution in [0.5, 0.6) is 11.5 Å².